The quantitative estimate of drug-likeness (QED) is 0.430. The molecule has 0 aliphatic rings. The number of carbonyl (C=O) groups excluding carboxylic acids is 1. The standard InChI is InChI=1S/C26H30N2O/c1-19(2)22-13-10-14-23(20(3)4)26(22)27-24-15-8-9-16-25(24)28(18-29)17-21-11-6-5-7-12-21/h5-16,18-20,27H,17H2,1-4H3. The lowest BCUT2D eigenvalue weighted by Crippen LogP contribution is -2.21. The molecule has 0 fully saturated rings. The van der Waals surface area contributed by atoms with Crippen molar-refractivity contribution in [3.8, 4) is 0 Å². The zero-order valence-electron chi connectivity index (χ0n) is 17.7. The molecule has 1 N–H and O–H groups in total. The fourth-order valence-corrected chi connectivity index (χ4v) is 3.62. The summed E-state index contributed by atoms with van der Waals surface area (Å²) in [6.07, 6.45) is 0.908. The van der Waals surface area contributed by atoms with E-state index in [0.29, 0.717) is 18.4 Å². The molecule has 0 bridgehead atoms. The third-order valence-corrected chi connectivity index (χ3v) is 5.17. The Kier molecular flexibility index (Phi) is 6.71. The van der Waals surface area contributed by atoms with Crippen molar-refractivity contribution < 1.29 is 4.79 Å². The topological polar surface area (TPSA) is 32.3 Å². The Labute approximate surface area is 174 Å². The second kappa shape index (κ2) is 9.42. The van der Waals surface area contributed by atoms with E-state index in [1.807, 2.05) is 54.6 Å². The van der Waals surface area contributed by atoms with Crippen molar-refractivity contribution >= 4 is 23.5 Å². The molecule has 0 aromatic heterocycles. The highest BCUT2D eigenvalue weighted by atomic mass is 16.1. The summed E-state index contributed by atoms with van der Waals surface area (Å²) >= 11 is 0. The van der Waals surface area contributed by atoms with E-state index in [0.717, 1.165) is 29.0 Å². The summed E-state index contributed by atoms with van der Waals surface area (Å²) in [4.78, 5) is 13.7. The molecule has 0 saturated carbocycles. The Morgan fingerprint density at radius 1 is 0.793 bits per heavy atom. The number of para-hydroxylation sites is 3. The first-order chi connectivity index (χ1) is 14.0. The highest BCUT2D eigenvalue weighted by Crippen LogP contribution is 2.37. The van der Waals surface area contributed by atoms with E-state index in [2.05, 4.69) is 51.2 Å². The van der Waals surface area contributed by atoms with Gasteiger partial charge in [0.2, 0.25) is 6.41 Å². The third-order valence-electron chi connectivity index (χ3n) is 5.17. The number of amides is 1. The molecule has 0 unspecified atom stereocenters. The van der Waals surface area contributed by atoms with Crippen LogP contribution in [0.3, 0.4) is 0 Å². The third kappa shape index (κ3) is 4.86. The van der Waals surface area contributed by atoms with Crippen LogP contribution in [-0.2, 0) is 11.3 Å². The van der Waals surface area contributed by atoms with Gasteiger partial charge in [-0.2, -0.15) is 0 Å². The van der Waals surface area contributed by atoms with Crippen LogP contribution in [0.5, 0.6) is 0 Å². The summed E-state index contributed by atoms with van der Waals surface area (Å²) in [5, 5.41) is 3.67. The SMILES string of the molecule is CC(C)c1cccc(C(C)C)c1Nc1ccccc1N(C=O)Cc1ccccc1. The molecule has 3 rings (SSSR count). The minimum absolute atomic E-state index is 0.398. The maximum atomic E-state index is 12.0. The van der Waals surface area contributed by atoms with Crippen LogP contribution in [0, 0.1) is 0 Å². The maximum absolute atomic E-state index is 12.0. The molecule has 3 nitrogen and oxygen atoms in total. The van der Waals surface area contributed by atoms with Crippen molar-refractivity contribution in [1.29, 1.82) is 0 Å². The fourth-order valence-electron chi connectivity index (χ4n) is 3.62. The molecule has 29 heavy (non-hydrogen) atoms. The second-order valence-corrected chi connectivity index (χ2v) is 7.98. The largest absolute Gasteiger partial charge is 0.353 e. The molecule has 3 aromatic rings. The summed E-state index contributed by atoms with van der Waals surface area (Å²) in [6, 6.07) is 24.6. The van der Waals surface area contributed by atoms with Crippen molar-refractivity contribution in [3.05, 3.63) is 89.5 Å². The molecular weight excluding hydrogens is 356 g/mol. The van der Waals surface area contributed by atoms with E-state index in [1.165, 1.54) is 11.1 Å². The van der Waals surface area contributed by atoms with E-state index in [9.17, 15) is 4.79 Å². The molecule has 0 saturated heterocycles. The number of hydrogen-bond donors (Lipinski definition) is 1. The zero-order valence-corrected chi connectivity index (χ0v) is 17.7. The molecule has 0 spiro atoms. The van der Waals surface area contributed by atoms with E-state index >= 15 is 0 Å². The van der Waals surface area contributed by atoms with Gasteiger partial charge in [-0.1, -0.05) is 88.4 Å². The fraction of sp³-hybridized carbons (Fsp3) is 0.269. The number of rotatable bonds is 8. The van der Waals surface area contributed by atoms with Crippen LogP contribution in [0.25, 0.3) is 0 Å². The van der Waals surface area contributed by atoms with Crippen molar-refractivity contribution in [1.82, 2.24) is 0 Å². The summed E-state index contributed by atoms with van der Waals surface area (Å²) in [5.74, 6) is 0.796. The van der Waals surface area contributed by atoms with Gasteiger partial charge < -0.3 is 10.2 Å². The highest BCUT2D eigenvalue weighted by Gasteiger charge is 2.17. The molecule has 0 radical (unpaired) electrons. The predicted octanol–water partition coefficient (Wildman–Crippen LogP) is 6.84. The first-order valence-corrected chi connectivity index (χ1v) is 10.3. The molecule has 3 aromatic carbocycles. The molecule has 0 aliphatic heterocycles. The van der Waals surface area contributed by atoms with Gasteiger partial charge in [-0.25, -0.2) is 0 Å². The van der Waals surface area contributed by atoms with E-state index in [-0.39, 0.29) is 0 Å². The van der Waals surface area contributed by atoms with Crippen LogP contribution < -0.4 is 10.2 Å². The van der Waals surface area contributed by atoms with Gasteiger partial charge in [-0.05, 0) is 40.7 Å². The Hall–Kier alpha value is -3.07. The zero-order chi connectivity index (χ0) is 20.8. The number of nitrogens with one attached hydrogen (secondary N) is 1. The Balaban J connectivity index is 2.01. The Morgan fingerprint density at radius 2 is 1.38 bits per heavy atom. The van der Waals surface area contributed by atoms with Crippen LogP contribution >= 0.6 is 0 Å². The van der Waals surface area contributed by atoms with E-state index < -0.39 is 0 Å². The Bertz CT molecular complexity index is 922. The van der Waals surface area contributed by atoms with Crippen molar-refractivity contribution in [3.63, 3.8) is 0 Å². The smallest absolute Gasteiger partial charge is 0.214 e. The highest BCUT2D eigenvalue weighted by molar-refractivity contribution is 5.86. The van der Waals surface area contributed by atoms with Crippen LogP contribution in [0.4, 0.5) is 17.1 Å². The molecular formula is C26H30N2O. The van der Waals surface area contributed by atoms with Crippen LogP contribution in [0.15, 0.2) is 72.8 Å². The number of hydrogen-bond acceptors (Lipinski definition) is 2. The van der Waals surface area contributed by atoms with Crippen molar-refractivity contribution in [2.45, 2.75) is 46.1 Å². The summed E-state index contributed by atoms with van der Waals surface area (Å²) in [6.45, 7) is 9.38. The van der Waals surface area contributed by atoms with Gasteiger partial charge in [0, 0.05) is 5.69 Å². The van der Waals surface area contributed by atoms with Gasteiger partial charge in [-0.15, -0.1) is 0 Å². The van der Waals surface area contributed by atoms with Gasteiger partial charge in [0.05, 0.1) is 17.9 Å². The minimum atomic E-state index is 0.398. The second-order valence-electron chi connectivity index (χ2n) is 7.98. The van der Waals surface area contributed by atoms with Gasteiger partial charge >= 0.3 is 0 Å². The van der Waals surface area contributed by atoms with Gasteiger partial charge in [-0.3, -0.25) is 4.79 Å². The molecule has 150 valence electrons. The van der Waals surface area contributed by atoms with Crippen LogP contribution in [-0.4, -0.2) is 6.41 Å². The lowest BCUT2D eigenvalue weighted by Gasteiger charge is -2.25. The monoisotopic (exact) mass is 386 g/mol. The lowest BCUT2D eigenvalue weighted by molar-refractivity contribution is -0.107. The average Bonchev–Trinajstić information content (AvgIpc) is 2.73. The predicted molar refractivity (Wildman–Crippen MR) is 123 cm³/mol. The lowest BCUT2D eigenvalue weighted by atomic mass is 9.92. The number of anilines is 3. The van der Waals surface area contributed by atoms with E-state index in [1.54, 1.807) is 4.90 Å². The normalized spacial score (nSPS) is 11.0. The van der Waals surface area contributed by atoms with Crippen molar-refractivity contribution in [2.75, 3.05) is 10.2 Å². The van der Waals surface area contributed by atoms with Gasteiger partial charge in [0.15, 0.2) is 0 Å². The molecule has 0 atom stereocenters. The van der Waals surface area contributed by atoms with Crippen molar-refractivity contribution in [2.24, 2.45) is 0 Å². The number of benzene rings is 3. The first kappa shape index (κ1) is 20.7. The van der Waals surface area contributed by atoms with Gasteiger partial charge in [0.25, 0.3) is 0 Å². The number of carbonyl (C=O) groups is 1. The minimum Gasteiger partial charge on any atom is -0.353 e. The summed E-state index contributed by atoms with van der Waals surface area (Å²) in [5.41, 5.74) is 6.62. The van der Waals surface area contributed by atoms with Crippen LogP contribution in [0.1, 0.15) is 56.2 Å². The summed E-state index contributed by atoms with van der Waals surface area (Å²) < 4.78 is 0. The molecule has 1 amide bonds. The average molecular weight is 387 g/mol. The maximum Gasteiger partial charge on any atom is 0.214 e. The Morgan fingerprint density at radius 3 is 1.97 bits per heavy atom. The number of nitrogens with zero attached hydrogens (tertiary/aromatic N) is 1. The van der Waals surface area contributed by atoms with Gasteiger partial charge in [0.1, 0.15) is 0 Å². The molecule has 3 heteroatoms. The summed E-state index contributed by atoms with van der Waals surface area (Å²) in [7, 11) is 0. The first-order valence-electron chi connectivity index (χ1n) is 10.3. The van der Waals surface area contributed by atoms with Crippen LogP contribution in [0.2, 0.25) is 0 Å². The molecule has 0 aliphatic carbocycles. The van der Waals surface area contributed by atoms with E-state index in [4.69, 9.17) is 0 Å². The molecule has 0 heterocycles.